The molecule has 1 heterocycles. The van der Waals surface area contributed by atoms with Crippen molar-refractivity contribution >= 4 is 5.91 Å². The maximum atomic E-state index is 13.3. The Balaban J connectivity index is 1.76. The summed E-state index contributed by atoms with van der Waals surface area (Å²) < 4.78 is 18.5. The largest absolute Gasteiger partial charge is 0.496 e. The monoisotopic (exact) mass is 369 g/mol. The van der Waals surface area contributed by atoms with E-state index in [9.17, 15) is 9.18 Å². The molecule has 3 nitrogen and oxygen atoms in total. The van der Waals surface area contributed by atoms with Crippen LogP contribution in [0.5, 0.6) is 5.75 Å². The Labute approximate surface area is 161 Å². The van der Waals surface area contributed by atoms with Crippen molar-refractivity contribution in [2.45, 2.75) is 58.5 Å². The van der Waals surface area contributed by atoms with E-state index >= 15 is 0 Å². The Morgan fingerprint density at radius 2 is 1.78 bits per heavy atom. The van der Waals surface area contributed by atoms with Gasteiger partial charge in [-0.25, -0.2) is 4.39 Å². The molecule has 2 aromatic carbocycles. The van der Waals surface area contributed by atoms with Gasteiger partial charge < -0.3 is 9.64 Å². The summed E-state index contributed by atoms with van der Waals surface area (Å²) in [6, 6.07) is 11.0. The fraction of sp³-hybridized carbons (Fsp3) is 0.435. The third kappa shape index (κ3) is 4.15. The number of nitrogens with zero attached hydrogens (tertiary/aromatic N) is 1. The van der Waals surface area contributed by atoms with Crippen LogP contribution in [0.2, 0.25) is 0 Å². The predicted octanol–water partition coefficient (Wildman–Crippen LogP) is 5.08. The number of rotatable bonds is 5. The van der Waals surface area contributed by atoms with Crippen molar-refractivity contribution in [1.29, 1.82) is 0 Å². The molecule has 2 atom stereocenters. The zero-order valence-electron chi connectivity index (χ0n) is 16.6. The summed E-state index contributed by atoms with van der Waals surface area (Å²) in [7, 11) is 1.66. The highest BCUT2D eigenvalue weighted by atomic mass is 19.1. The molecule has 1 amide bonds. The van der Waals surface area contributed by atoms with Crippen molar-refractivity contribution in [1.82, 2.24) is 4.90 Å². The summed E-state index contributed by atoms with van der Waals surface area (Å²) in [5.41, 5.74) is 3.80. The number of amides is 1. The average Bonchev–Trinajstić information content (AvgIpc) is 3.01. The highest BCUT2D eigenvalue weighted by molar-refractivity contribution is 5.95. The third-order valence-corrected chi connectivity index (χ3v) is 5.61. The SMILES string of the molecule is COc1c(C)cc(C(=O)N2[C@@H](CCc3ccc(F)cc3)CC[C@H]2C)cc1C. The standard InChI is InChI=1S/C23H28FNO2/c1-15-13-19(14-16(2)22(15)27-4)23(26)25-17(3)5-11-21(25)12-8-18-6-9-20(24)10-7-18/h6-7,9-10,13-14,17,21H,5,8,11-12H2,1-4H3/t17-,21-/m1/s1. The molecule has 0 aromatic heterocycles. The van der Waals surface area contributed by atoms with Crippen LogP contribution in [0.3, 0.4) is 0 Å². The molecule has 0 unspecified atom stereocenters. The lowest BCUT2D eigenvalue weighted by atomic mass is 10.0. The highest BCUT2D eigenvalue weighted by Gasteiger charge is 2.34. The van der Waals surface area contributed by atoms with Gasteiger partial charge in [0, 0.05) is 17.6 Å². The lowest BCUT2D eigenvalue weighted by Crippen LogP contribution is -2.40. The molecule has 1 aliphatic rings. The summed E-state index contributed by atoms with van der Waals surface area (Å²) in [5.74, 6) is 0.724. The van der Waals surface area contributed by atoms with Crippen LogP contribution in [0.25, 0.3) is 0 Å². The van der Waals surface area contributed by atoms with E-state index in [0.29, 0.717) is 0 Å². The van der Waals surface area contributed by atoms with Crippen molar-refractivity contribution in [3.63, 3.8) is 0 Å². The lowest BCUT2D eigenvalue weighted by molar-refractivity contribution is 0.0672. The first-order valence-corrected chi connectivity index (χ1v) is 9.63. The highest BCUT2D eigenvalue weighted by Crippen LogP contribution is 2.31. The number of methoxy groups -OCH3 is 1. The van der Waals surface area contributed by atoms with Crippen molar-refractivity contribution in [2.24, 2.45) is 0 Å². The van der Waals surface area contributed by atoms with E-state index in [1.807, 2.05) is 43.0 Å². The van der Waals surface area contributed by atoms with Gasteiger partial charge in [-0.1, -0.05) is 12.1 Å². The number of halogens is 1. The Hall–Kier alpha value is -2.36. The van der Waals surface area contributed by atoms with Gasteiger partial charge in [-0.3, -0.25) is 4.79 Å². The number of hydrogen-bond acceptors (Lipinski definition) is 2. The van der Waals surface area contributed by atoms with Gasteiger partial charge in [0.15, 0.2) is 0 Å². The molecule has 0 N–H and O–H groups in total. The Kier molecular flexibility index (Phi) is 5.83. The van der Waals surface area contributed by atoms with Crippen LogP contribution in [-0.4, -0.2) is 30.0 Å². The van der Waals surface area contributed by atoms with Gasteiger partial charge in [0.1, 0.15) is 11.6 Å². The second-order valence-electron chi connectivity index (χ2n) is 7.60. The molecule has 1 fully saturated rings. The molecular weight excluding hydrogens is 341 g/mol. The number of benzene rings is 2. The number of likely N-dealkylation sites (tertiary alicyclic amines) is 1. The maximum absolute atomic E-state index is 13.3. The zero-order valence-corrected chi connectivity index (χ0v) is 16.6. The average molecular weight is 369 g/mol. The third-order valence-electron chi connectivity index (χ3n) is 5.61. The van der Waals surface area contributed by atoms with Crippen LogP contribution in [0.4, 0.5) is 4.39 Å². The van der Waals surface area contributed by atoms with E-state index in [1.54, 1.807) is 7.11 Å². The first-order chi connectivity index (χ1) is 12.9. The molecule has 0 aliphatic carbocycles. The van der Waals surface area contributed by atoms with E-state index < -0.39 is 0 Å². The molecule has 1 aliphatic heterocycles. The second kappa shape index (κ2) is 8.12. The number of aryl methyl sites for hydroxylation is 3. The van der Waals surface area contributed by atoms with E-state index in [4.69, 9.17) is 4.74 Å². The van der Waals surface area contributed by atoms with Crippen LogP contribution in [0.1, 0.15) is 53.2 Å². The van der Waals surface area contributed by atoms with Gasteiger partial charge in [0.2, 0.25) is 0 Å². The van der Waals surface area contributed by atoms with E-state index in [2.05, 4.69) is 6.92 Å². The number of carbonyl (C=O) groups is 1. The first-order valence-electron chi connectivity index (χ1n) is 9.63. The summed E-state index contributed by atoms with van der Waals surface area (Å²) >= 11 is 0. The molecule has 0 spiro atoms. The van der Waals surface area contributed by atoms with Gasteiger partial charge in [-0.05, 0) is 87.4 Å². The minimum Gasteiger partial charge on any atom is -0.496 e. The Morgan fingerprint density at radius 3 is 2.37 bits per heavy atom. The topological polar surface area (TPSA) is 29.5 Å². The van der Waals surface area contributed by atoms with Gasteiger partial charge in [-0.2, -0.15) is 0 Å². The van der Waals surface area contributed by atoms with Gasteiger partial charge in [0.25, 0.3) is 5.91 Å². The van der Waals surface area contributed by atoms with Crippen LogP contribution in [0.15, 0.2) is 36.4 Å². The zero-order chi connectivity index (χ0) is 19.6. The van der Waals surface area contributed by atoms with Crippen molar-refractivity contribution in [3.8, 4) is 5.75 Å². The molecule has 2 aromatic rings. The minimum atomic E-state index is -0.213. The predicted molar refractivity (Wildman–Crippen MR) is 106 cm³/mol. The summed E-state index contributed by atoms with van der Waals surface area (Å²) in [6.07, 6.45) is 3.79. The fourth-order valence-electron chi connectivity index (χ4n) is 4.25. The molecule has 0 bridgehead atoms. The maximum Gasteiger partial charge on any atom is 0.254 e. The normalized spacial score (nSPS) is 19.4. The molecule has 4 heteroatoms. The van der Waals surface area contributed by atoms with Crippen molar-refractivity contribution in [3.05, 3.63) is 64.5 Å². The molecule has 0 saturated carbocycles. The van der Waals surface area contributed by atoms with Gasteiger partial charge in [0.05, 0.1) is 7.11 Å². The van der Waals surface area contributed by atoms with Crippen LogP contribution < -0.4 is 4.74 Å². The number of ether oxygens (including phenoxy) is 1. The Morgan fingerprint density at radius 1 is 1.15 bits per heavy atom. The van der Waals surface area contributed by atoms with Crippen LogP contribution in [-0.2, 0) is 6.42 Å². The smallest absolute Gasteiger partial charge is 0.254 e. The second-order valence-corrected chi connectivity index (χ2v) is 7.60. The quantitative estimate of drug-likeness (QED) is 0.736. The van der Waals surface area contributed by atoms with Crippen molar-refractivity contribution in [2.75, 3.05) is 7.11 Å². The molecule has 144 valence electrons. The number of carbonyl (C=O) groups excluding carboxylic acids is 1. The molecule has 0 radical (unpaired) electrons. The van der Waals surface area contributed by atoms with Gasteiger partial charge >= 0.3 is 0 Å². The molecular formula is C23H28FNO2. The lowest BCUT2D eigenvalue weighted by Gasteiger charge is -2.29. The number of hydrogen-bond donors (Lipinski definition) is 0. The van der Waals surface area contributed by atoms with E-state index in [0.717, 1.165) is 53.7 Å². The van der Waals surface area contributed by atoms with Gasteiger partial charge in [-0.15, -0.1) is 0 Å². The van der Waals surface area contributed by atoms with E-state index in [1.165, 1.54) is 12.1 Å². The fourth-order valence-corrected chi connectivity index (χ4v) is 4.25. The molecule has 27 heavy (non-hydrogen) atoms. The van der Waals surface area contributed by atoms with Crippen LogP contribution >= 0.6 is 0 Å². The summed E-state index contributed by atoms with van der Waals surface area (Å²) in [6.45, 7) is 6.07. The van der Waals surface area contributed by atoms with E-state index in [-0.39, 0.29) is 23.8 Å². The minimum absolute atomic E-state index is 0.0953. The Bertz CT molecular complexity index is 793. The van der Waals surface area contributed by atoms with Crippen molar-refractivity contribution < 1.29 is 13.9 Å². The molecule has 1 saturated heterocycles. The van der Waals surface area contributed by atoms with Crippen LogP contribution in [0, 0.1) is 19.7 Å². The molecule has 3 rings (SSSR count). The summed E-state index contributed by atoms with van der Waals surface area (Å²) in [5, 5.41) is 0. The first kappa shape index (κ1) is 19.4. The summed E-state index contributed by atoms with van der Waals surface area (Å²) in [4.78, 5) is 15.3.